The predicted octanol–water partition coefficient (Wildman–Crippen LogP) is 1.81. The van der Waals surface area contributed by atoms with Gasteiger partial charge in [0.15, 0.2) is 5.16 Å². The van der Waals surface area contributed by atoms with Gasteiger partial charge >= 0.3 is 0 Å². The van der Waals surface area contributed by atoms with Crippen molar-refractivity contribution < 1.29 is 14.8 Å². The molecular weight excluding hydrogens is 336 g/mol. The zero-order valence-electron chi connectivity index (χ0n) is 12.6. The Morgan fingerprint density at radius 3 is 2.88 bits per heavy atom. The second kappa shape index (κ2) is 7.59. The van der Waals surface area contributed by atoms with Gasteiger partial charge in [0.25, 0.3) is 11.2 Å². The lowest BCUT2D eigenvalue weighted by molar-refractivity contribution is -0.384. The summed E-state index contributed by atoms with van der Waals surface area (Å²) in [5, 5.41) is 22.8. The first-order valence-electron chi connectivity index (χ1n) is 6.83. The summed E-state index contributed by atoms with van der Waals surface area (Å²) in [6.45, 7) is 1.73. The van der Waals surface area contributed by atoms with Crippen LogP contribution in [0.3, 0.4) is 0 Å². The topological polar surface area (TPSA) is 138 Å². The highest BCUT2D eigenvalue weighted by molar-refractivity contribution is 7.99. The van der Waals surface area contributed by atoms with E-state index in [9.17, 15) is 24.8 Å². The second-order valence-electron chi connectivity index (χ2n) is 4.81. The Morgan fingerprint density at radius 2 is 2.21 bits per heavy atom. The van der Waals surface area contributed by atoms with Crippen LogP contribution < -0.4 is 10.9 Å². The quantitative estimate of drug-likeness (QED) is 0.312. The number of carbonyl (C=O) groups excluding carboxylic acids is 1. The first kappa shape index (κ1) is 17.5. The predicted molar refractivity (Wildman–Crippen MR) is 88.3 cm³/mol. The molecule has 0 saturated heterocycles. The van der Waals surface area contributed by atoms with E-state index >= 15 is 0 Å². The smallest absolute Gasteiger partial charge is 0.271 e. The molecule has 3 N–H and O–H groups in total. The van der Waals surface area contributed by atoms with E-state index in [1.165, 1.54) is 12.1 Å². The van der Waals surface area contributed by atoms with Crippen LogP contribution in [0.4, 0.5) is 11.4 Å². The highest BCUT2D eigenvalue weighted by atomic mass is 32.2. The van der Waals surface area contributed by atoms with Crippen molar-refractivity contribution >= 4 is 29.0 Å². The van der Waals surface area contributed by atoms with Crippen molar-refractivity contribution in [3.8, 4) is 5.88 Å². The Morgan fingerprint density at radius 1 is 1.46 bits per heavy atom. The second-order valence-corrected chi connectivity index (χ2v) is 5.90. The third kappa shape index (κ3) is 4.81. The fraction of sp³-hybridized carbons (Fsp3) is 0.214. The van der Waals surface area contributed by atoms with Crippen molar-refractivity contribution in [2.75, 3.05) is 11.1 Å². The number of nitro groups is 1. The minimum Gasteiger partial charge on any atom is -0.493 e. The number of hydrogen-bond donors (Lipinski definition) is 3. The van der Waals surface area contributed by atoms with E-state index < -0.39 is 16.4 Å². The van der Waals surface area contributed by atoms with Crippen LogP contribution >= 0.6 is 11.8 Å². The number of aryl methyl sites for hydroxylation is 1. The maximum absolute atomic E-state index is 11.9. The first-order chi connectivity index (χ1) is 11.3. The average Bonchev–Trinajstić information content (AvgIpc) is 2.48. The molecule has 0 fully saturated rings. The molecule has 1 aromatic heterocycles. The molecule has 0 unspecified atom stereocenters. The standard InChI is InChI=1S/C14H14N4O5S/c1-8-2-3-9(18(22)23)6-10(8)15-11(19)4-5-24-14-16-12(20)7-13(21)17-14/h2-3,6-7H,4-5H2,1H3,(H,15,19)(H2,16,17,20,21). The van der Waals surface area contributed by atoms with Crippen LogP contribution in [0.15, 0.2) is 34.2 Å². The number of nitrogens with one attached hydrogen (secondary N) is 2. The number of hydrogen-bond acceptors (Lipinski definition) is 7. The number of aromatic amines is 1. The lowest BCUT2D eigenvalue weighted by Gasteiger charge is -2.08. The van der Waals surface area contributed by atoms with Gasteiger partial charge in [-0.15, -0.1) is 0 Å². The monoisotopic (exact) mass is 350 g/mol. The highest BCUT2D eigenvalue weighted by Crippen LogP contribution is 2.22. The van der Waals surface area contributed by atoms with Gasteiger partial charge in [0.05, 0.1) is 16.7 Å². The zero-order chi connectivity index (χ0) is 17.7. The van der Waals surface area contributed by atoms with Gasteiger partial charge in [0.2, 0.25) is 11.8 Å². The molecule has 2 aromatic rings. The molecule has 0 saturated carbocycles. The normalized spacial score (nSPS) is 10.4. The summed E-state index contributed by atoms with van der Waals surface area (Å²) in [4.78, 5) is 39.5. The van der Waals surface area contributed by atoms with Crippen molar-refractivity contribution in [1.82, 2.24) is 9.97 Å². The Bertz CT molecular complexity index is 836. The summed E-state index contributed by atoms with van der Waals surface area (Å²) in [5.74, 6) is -0.404. The summed E-state index contributed by atoms with van der Waals surface area (Å²) in [6, 6.07) is 5.17. The van der Waals surface area contributed by atoms with E-state index in [2.05, 4.69) is 15.3 Å². The molecule has 1 amide bonds. The van der Waals surface area contributed by atoms with Gasteiger partial charge in [0, 0.05) is 24.3 Å². The van der Waals surface area contributed by atoms with Crippen molar-refractivity contribution in [2.45, 2.75) is 18.5 Å². The van der Waals surface area contributed by atoms with Crippen molar-refractivity contribution in [1.29, 1.82) is 0 Å². The number of aromatic hydroxyl groups is 1. The number of anilines is 1. The Labute approximate surface area is 140 Å². The number of H-pyrrole nitrogens is 1. The van der Waals surface area contributed by atoms with Gasteiger partial charge in [0.1, 0.15) is 0 Å². The molecule has 0 atom stereocenters. The SMILES string of the molecule is Cc1ccc([N+](=O)[O-])cc1NC(=O)CCSc1nc(O)cc(=O)[nH]1. The number of thioether (sulfide) groups is 1. The van der Waals surface area contributed by atoms with Crippen LogP contribution in [0.5, 0.6) is 5.88 Å². The van der Waals surface area contributed by atoms with E-state index in [1.54, 1.807) is 13.0 Å². The molecule has 10 heteroatoms. The van der Waals surface area contributed by atoms with Crippen LogP contribution in [0.25, 0.3) is 0 Å². The molecule has 0 aliphatic carbocycles. The fourth-order valence-corrected chi connectivity index (χ4v) is 2.61. The van der Waals surface area contributed by atoms with Crippen molar-refractivity contribution in [3.05, 3.63) is 50.3 Å². The van der Waals surface area contributed by atoms with E-state index in [4.69, 9.17) is 0 Å². The maximum atomic E-state index is 11.9. The Kier molecular flexibility index (Phi) is 5.53. The van der Waals surface area contributed by atoms with Gasteiger partial charge in [-0.1, -0.05) is 17.8 Å². The van der Waals surface area contributed by atoms with Crippen molar-refractivity contribution in [3.63, 3.8) is 0 Å². The highest BCUT2D eigenvalue weighted by Gasteiger charge is 2.11. The molecule has 0 aliphatic heterocycles. The largest absolute Gasteiger partial charge is 0.493 e. The summed E-state index contributed by atoms with van der Waals surface area (Å²) in [5.41, 5.74) is 0.497. The fourth-order valence-electron chi connectivity index (χ4n) is 1.80. The number of carbonyl (C=O) groups is 1. The van der Waals surface area contributed by atoms with E-state index in [0.29, 0.717) is 17.0 Å². The van der Waals surface area contributed by atoms with Crippen LogP contribution in [0, 0.1) is 17.0 Å². The number of nitrogens with zero attached hydrogens (tertiary/aromatic N) is 2. The molecule has 1 heterocycles. The Hall–Kier alpha value is -2.88. The molecule has 1 aromatic carbocycles. The molecule has 0 radical (unpaired) electrons. The molecule has 0 spiro atoms. The zero-order valence-corrected chi connectivity index (χ0v) is 13.4. The lowest BCUT2D eigenvalue weighted by atomic mass is 10.2. The van der Waals surface area contributed by atoms with Gasteiger partial charge < -0.3 is 15.4 Å². The van der Waals surface area contributed by atoms with Crippen LogP contribution in [-0.4, -0.2) is 31.7 Å². The lowest BCUT2D eigenvalue weighted by Crippen LogP contribution is -2.13. The molecule has 126 valence electrons. The summed E-state index contributed by atoms with van der Waals surface area (Å²) < 4.78 is 0. The van der Waals surface area contributed by atoms with E-state index in [0.717, 1.165) is 17.8 Å². The van der Waals surface area contributed by atoms with E-state index in [1.807, 2.05) is 0 Å². The minimum absolute atomic E-state index is 0.103. The minimum atomic E-state index is -0.533. The molecule has 0 aliphatic rings. The number of aromatic nitrogens is 2. The molecule has 2 rings (SSSR count). The molecule has 0 bridgehead atoms. The number of rotatable bonds is 6. The summed E-state index contributed by atoms with van der Waals surface area (Å²) >= 11 is 1.10. The first-order valence-corrected chi connectivity index (χ1v) is 7.82. The van der Waals surface area contributed by atoms with Crippen molar-refractivity contribution in [2.24, 2.45) is 0 Å². The van der Waals surface area contributed by atoms with Gasteiger partial charge in [-0.3, -0.25) is 19.7 Å². The Balaban J connectivity index is 1.93. The van der Waals surface area contributed by atoms with Gasteiger partial charge in [-0.25, -0.2) is 0 Å². The van der Waals surface area contributed by atoms with E-state index in [-0.39, 0.29) is 23.2 Å². The summed E-state index contributed by atoms with van der Waals surface area (Å²) in [6.07, 6.45) is 0.103. The number of non-ortho nitro benzene ring substituents is 1. The third-order valence-corrected chi connectivity index (χ3v) is 3.86. The van der Waals surface area contributed by atoms with Crippen LogP contribution in [-0.2, 0) is 4.79 Å². The number of amides is 1. The average molecular weight is 350 g/mol. The number of benzene rings is 1. The van der Waals surface area contributed by atoms with Crippen LogP contribution in [0.2, 0.25) is 0 Å². The molecule has 24 heavy (non-hydrogen) atoms. The third-order valence-electron chi connectivity index (χ3n) is 2.98. The molecule has 9 nitrogen and oxygen atoms in total. The van der Waals surface area contributed by atoms with Gasteiger partial charge in [-0.2, -0.15) is 4.98 Å². The number of nitro benzene ring substituents is 1. The van der Waals surface area contributed by atoms with Crippen LogP contribution in [0.1, 0.15) is 12.0 Å². The maximum Gasteiger partial charge on any atom is 0.271 e. The molecular formula is C14H14N4O5S. The van der Waals surface area contributed by atoms with Gasteiger partial charge in [-0.05, 0) is 12.5 Å². The summed E-state index contributed by atoms with van der Waals surface area (Å²) in [7, 11) is 0.